The topological polar surface area (TPSA) is 41.3 Å². The maximum absolute atomic E-state index is 9.99. The zero-order valence-corrected chi connectivity index (χ0v) is 10.2. The molecule has 1 aliphatic rings. The number of rotatable bonds is 3. The second-order valence-electron chi connectivity index (χ2n) is 4.65. The Morgan fingerprint density at radius 1 is 1.28 bits per heavy atom. The van der Waals surface area contributed by atoms with Gasteiger partial charge in [-0.15, -0.1) is 0 Å². The van der Waals surface area contributed by atoms with Crippen LogP contribution in [0, 0.1) is 0 Å². The Hall–Kier alpha value is -1.81. The number of aliphatic hydroxyl groups excluding tert-OH is 1. The second kappa shape index (κ2) is 4.82. The van der Waals surface area contributed by atoms with Crippen molar-refractivity contribution in [1.29, 1.82) is 0 Å². The second-order valence-corrected chi connectivity index (χ2v) is 4.65. The number of fused-ring (bicyclic) bond motifs is 1. The van der Waals surface area contributed by atoms with Gasteiger partial charge in [-0.05, 0) is 12.5 Å². The largest absolute Gasteiger partial charge is 0.388 e. The quantitative estimate of drug-likeness (QED) is 0.894. The van der Waals surface area contributed by atoms with Gasteiger partial charge < -0.3 is 14.6 Å². The van der Waals surface area contributed by atoms with Crippen molar-refractivity contribution in [2.75, 3.05) is 18.0 Å². The van der Waals surface area contributed by atoms with Crippen LogP contribution < -0.4 is 4.90 Å². The lowest BCUT2D eigenvalue weighted by Gasteiger charge is -2.33. The molecule has 0 bridgehead atoms. The van der Waals surface area contributed by atoms with Gasteiger partial charge in [0.2, 0.25) is 0 Å². The van der Waals surface area contributed by atoms with Crippen LogP contribution in [0.15, 0.2) is 43.0 Å². The van der Waals surface area contributed by atoms with Crippen LogP contribution in [0.1, 0.15) is 18.1 Å². The van der Waals surface area contributed by atoms with Crippen LogP contribution in [0.25, 0.3) is 0 Å². The standard InChI is InChI=1S/C14H17N3O/c18-14-5-7-17(10-9-16-8-6-15-11-16)13-4-2-1-3-12(13)14/h1-4,6,8,11,14,18H,5,7,9-10H2. The number of aromatic nitrogens is 2. The van der Waals surface area contributed by atoms with Gasteiger partial charge in [-0.2, -0.15) is 0 Å². The van der Waals surface area contributed by atoms with E-state index in [1.54, 1.807) is 6.20 Å². The fourth-order valence-electron chi connectivity index (χ4n) is 2.50. The van der Waals surface area contributed by atoms with E-state index in [0.717, 1.165) is 37.3 Å². The molecule has 0 radical (unpaired) electrons. The number of nitrogens with zero attached hydrogens (tertiary/aromatic N) is 3. The van der Waals surface area contributed by atoms with Crippen molar-refractivity contribution in [2.24, 2.45) is 0 Å². The predicted molar refractivity (Wildman–Crippen MR) is 70.5 cm³/mol. The van der Waals surface area contributed by atoms with E-state index in [4.69, 9.17) is 0 Å². The van der Waals surface area contributed by atoms with Crippen molar-refractivity contribution in [2.45, 2.75) is 19.1 Å². The number of imidazole rings is 1. The molecule has 0 fully saturated rings. The van der Waals surface area contributed by atoms with Crippen LogP contribution in [0.4, 0.5) is 5.69 Å². The summed E-state index contributed by atoms with van der Waals surface area (Å²) in [6, 6.07) is 8.12. The number of hydrogen-bond donors (Lipinski definition) is 1. The molecule has 0 aliphatic carbocycles. The molecular weight excluding hydrogens is 226 g/mol. The maximum Gasteiger partial charge on any atom is 0.0946 e. The average molecular weight is 243 g/mol. The van der Waals surface area contributed by atoms with E-state index in [1.165, 1.54) is 0 Å². The molecule has 1 atom stereocenters. The summed E-state index contributed by atoms with van der Waals surface area (Å²) < 4.78 is 2.08. The molecule has 3 rings (SSSR count). The van der Waals surface area contributed by atoms with Gasteiger partial charge in [0.1, 0.15) is 0 Å². The van der Waals surface area contributed by atoms with Crippen LogP contribution in [-0.2, 0) is 6.54 Å². The summed E-state index contributed by atoms with van der Waals surface area (Å²) in [6.45, 7) is 2.78. The summed E-state index contributed by atoms with van der Waals surface area (Å²) in [4.78, 5) is 6.38. The number of para-hydroxylation sites is 1. The molecule has 0 amide bonds. The summed E-state index contributed by atoms with van der Waals surface area (Å²) in [5.41, 5.74) is 2.21. The molecule has 2 heterocycles. The van der Waals surface area contributed by atoms with Gasteiger partial charge >= 0.3 is 0 Å². The first-order chi connectivity index (χ1) is 8.84. The lowest BCUT2D eigenvalue weighted by atomic mass is 9.99. The van der Waals surface area contributed by atoms with E-state index in [0.29, 0.717) is 0 Å². The van der Waals surface area contributed by atoms with Crippen molar-refractivity contribution in [3.05, 3.63) is 48.5 Å². The highest BCUT2D eigenvalue weighted by atomic mass is 16.3. The fraction of sp³-hybridized carbons (Fsp3) is 0.357. The van der Waals surface area contributed by atoms with Gasteiger partial charge in [-0.1, -0.05) is 18.2 Å². The lowest BCUT2D eigenvalue weighted by molar-refractivity contribution is 0.164. The van der Waals surface area contributed by atoms with E-state index < -0.39 is 0 Å². The normalized spacial score (nSPS) is 18.7. The monoisotopic (exact) mass is 243 g/mol. The first-order valence-corrected chi connectivity index (χ1v) is 6.32. The molecule has 1 N–H and O–H groups in total. The molecule has 0 saturated heterocycles. The summed E-state index contributed by atoms with van der Waals surface area (Å²) in [5.74, 6) is 0. The van der Waals surface area contributed by atoms with Gasteiger partial charge in [-0.3, -0.25) is 0 Å². The highest BCUT2D eigenvalue weighted by Crippen LogP contribution is 2.33. The highest BCUT2D eigenvalue weighted by molar-refractivity contribution is 5.56. The molecule has 1 unspecified atom stereocenters. The van der Waals surface area contributed by atoms with Crippen molar-refractivity contribution >= 4 is 5.69 Å². The zero-order chi connectivity index (χ0) is 12.4. The smallest absolute Gasteiger partial charge is 0.0946 e. The molecule has 0 saturated carbocycles. The Morgan fingerprint density at radius 2 is 2.17 bits per heavy atom. The maximum atomic E-state index is 9.99. The van der Waals surface area contributed by atoms with Gasteiger partial charge in [0.15, 0.2) is 0 Å². The molecular formula is C14H17N3O. The SMILES string of the molecule is OC1CCN(CCn2ccnc2)c2ccccc21. The van der Waals surface area contributed by atoms with E-state index in [2.05, 4.69) is 20.5 Å². The number of anilines is 1. The minimum Gasteiger partial charge on any atom is -0.388 e. The summed E-state index contributed by atoms with van der Waals surface area (Å²) in [5, 5.41) is 9.99. The van der Waals surface area contributed by atoms with Crippen molar-refractivity contribution < 1.29 is 5.11 Å². The Kier molecular flexibility index (Phi) is 3.02. The number of aliphatic hydroxyl groups is 1. The van der Waals surface area contributed by atoms with Gasteiger partial charge in [0.25, 0.3) is 0 Å². The third-order valence-corrected chi connectivity index (χ3v) is 3.50. The first-order valence-electron chi connectivity index (χ1n) is 6.32. The first kappa shape index (κ1) is 11.3. The van der Waals surface area contributed by atoms with Crippen LogP contribution in [0.5, 0.6) is 0 Å². The molecule has 0 spiro atoms. The summed E-state index contributed by atoms with van der Waals surface area (Å²) >= 11 is 0. The van der Waals surface area contributed by atoms with Gasteiger partial charge in [0.05, 0.1) is 12.4 Å². The lowest BCUT2D eigenvalue weighted by Crippen LogP contribution is -2.33. The van der Waals surface area contributed by atoms with E-state index in [-0.39, 0.29) is 6.10 Å². The molecule has 1 aromatic heterocycles. The van der Waals surface area contributed by atoms with Crippen LogP contribution in [-0.4, -0.2) is 27.7 Å². The van der Waals surface area contributed by atoms with Crippen LogP contribution >= 0.6 is 0 Å². The zero-order valence-electron chi connectivity index (χ0n) is 10.2. The number of benzene rings is 1. The molecule has 4 heteroatoms. The third kappa shape index (κ3) is 2.11. The summed E-state index contributed by atoms with van der Waals surface area (Å²) in [6.07, 6.45) is 6.11. The highest BCUT2D eigenvalue weighted by Gasteiger charge is 2.22. The molecule has 94 valence electrons. The Morgan fingerprint density at radius 3 is 3.00 bits per heavy atom. The van der Waals surface area contributed by atoms with Gasteiger partial charge in [-0.25, -0.2) is 4.98 Å². The van der Waals surface area contributed by atoms with Crippen molar-refractivity contribution in [3.63, 3.8) is 0 Å². The summed E-state index contributed by atoms with van der Waals surface area (Å²) in [7, 11) is 0. The molecule has 18 heavy (non-hydrogen) atoms. The van der Waals surface area contributed by atoms with Gasteiger partial charge in [0, 0.05) is 43.3 Å². The van der Waals surface area contributed by atoms with E-state index in [9.17, 15) is 5.11 Å². The minimum atomic E-state index is -0.314. The minimum absolute atomic E-state index is 0.314. The number of hydrogen-bond acceptors (Lipinski definition) is 3. The van der Waals surface area contributed by atoms with Crippen LogP contribution in [0.2, 0.25) is 0 Å². The van der Waals surface area contributed by atoms with Crippen molar-refractivity contribution in [3.8, 4) is 0 Å². The fourth-order valence-corrected chi connectivity index (χ4v) is 2.50. The average Bonchev–Trinajstić information content (AvgIpc) is 2.92. The van der Waals surface area contributed by atoms with E-state index >= 15 is 0 Å². The Bertz CT molecular complexity index is 510. The Labute approximate surface area is 107 Å². The predicted octanol–water partition coefficient (Wildman–Crippen LogP) is 1.83. The molecule has 4 nitrogen and oxygen atoms in total. The van der Waals surface area contributed by atoms with Crippen molar-refractivity contribution in [1.82, 2.24) is 9.55 Å². The third-order valence-electron chi connectivity index (χ3n) is 3.50. The molecule has 2 aromatic rings. The molecule has 1 aliphatic heterocycles. The van der Waals surface area contributed by atoms with Crippen LogP contribution in [0.3, 0.4) is 0 Å². The van der Waals surface area contributed by atoms with E-state index in [1.807, 2.05) is 30.7 Å². The Balaban J connectivity index is 1.76. The molecule has 1 aromatic carbocycles.